The molecule has 0 aliphatic heterocycles. The molecule has 0 bridgehead atoms. The van der Waals surface area contributed by atoms with Crippen LogP contribution in [0.5, 0.6) is 0 Å². The van der Waals surface area contributed by atoms with E-state index in [0.717, 1.165) is 25.7 Å². The molecule has 0 saturated heterocycles. The number of hydrogen-bond acceptors (Lipinski definition) is 2. The lowest BCUT2D eigenvalue weighted by atomic mass is 9.99. The van der Waals surface area contributed by atoms with Gasteiger partial charge in [0.2, 0.25) is 6.08 Å². The Bertz CT molecular complexity index is 183. The maximum atomic E-state index is 12.3. The molecule has 1 unspecified atom stereocenters. The predicted octanol–water partition coefficient (Wildman–Crippen LogP) is 2.15. The molecule has 0 heterocycles. The summed E-state index contributed by atoms with van der Waals surface area (Å²) in [7, 11) is 0. The third-order valence-corrected chi connectivity index (χ3v) is 2.34. The highest BCUT2D eigenvalue weighted by Crippen LogP contribution is 2.31. The maximum Gasteiger partial charge on any atom is 0.261 e. The Morgan fingerprint density at radius 3 is 2.33 bits per heavy atom. The van der Waals surface area contributed by atoms with Crippen LogP contribution in [0.3, 0.4) is 0 Å². The van der Waals surface area contributed by atoms with Gasteiger partial charge in [0.05, 0.1) is 0 Å². The SMILES string of the molecule is O=C=NC(C(F)F)C1CCCC1. The molecule has 1 aliphatic carbocycles. The van der Waals surface area contributed by atoms with Gasteiger partial charge >= 0.3 is 0 Å². The molecule has 4 heteroatoms. The number of halogens is 2. The predicted molar refractivity (Wildman–Crippen MR) is 39.9 cm³/mol. The van der Waals surface area contributed by atoms with E-state index in [1.54, 1.807) is 0 Å². The minimum atomic E-state index is -2.52. The molecule has 0 aromatic heterocycles. The summed E-state index contributed by atoms with van der Waals surface area (Å²) in [5, 5.41) is 0. The third-order valence-electron chi connectivity index (χ3n) is 2.34. The number of carbonyl (C=O) groups excluding carboxylic acids is 1. The first-order valence-corrected chi connectivity index (χ1v) is 4.11. The quantitative estimate of drug-likeness (QED) is 0.477. The van der Waals surface area contributed by atoms with Gasteiger partial charge in [0, 0.05) is 0 Å². The van der Waals surface area contributed by atoms with Crippen LogP contribution < -0.4 is 0 Å². The molecule has 1 fully saturated rings. The van der Waals surface area contributed by atoms with Gasteiger partial charge in [-0.05, 0) is 18.8 Å². The van der Waals surface area contributed by atoms with Gasteiger partial charge in [-0.15, -0.1) is 0 Å². The molecule has 1 atom stereocenters. The molecular formula is C8H11F2NO. The van der Waals surface area contributed by atoms with Crippen LogP contribution in [0.4, 0.5) is 8.78 Å². The average Bonchev–Trinajstić information content (AvgIpc) is 2.51. The first-order chi connectivity index (χ1) is 5.75. The fraction of sp³-hybridized carbons (Fsp3) is 0.875. The summed E-state index contributed by atoms with van der Waals surface area (Å²) in [5.74, 6) is -0.105. The molecule has 1 saturated carbocycles. The average molecular weight is 175 g/mol. The van der Waals surface area contributed by atoms with Gasteiger partial charge in [0.25, 0.3) is 6.43 Å². The van der Waals surface area contributed by atoms with E-state index in [2.05, 4.69) is 4.99 Å². The van der Waals surface area contributed by atoms with Crippen LogP contribution in [0.15, 0.2) is 4.99 Å². The zero-order valence-corrected chi connectivity index (χ0v) is 6.67. The van der Waals surface area contributed by atoms with Crippen molar-refractivity contribution in [3.05, 3.63) is 0 Å². The van der Waals surface area contributed by atoms with Crippen molar-refractivity contribution in [2.75, 3.05) is 0 Å². The number of aliphatic imine (C=N–C) groups is 1. The molecule has 0 aromatic carbocycles. The Labute approximate surface area is 69.7 Å². The molecule has 0 spiro atoms. The summed E-state index contributed by atoms with van der Waals surface area (Å²) in [6.07, 6.45) is 2.18. The van der Waals surface area contributed by atoms with Crippen LogP contribution in [0.1, 0.15) is 25.7 Å². The lowest BCUT2D eigenvalue weighted by Crippen LogP contribution is -2.24. The van der Waals surface area contributed by atoms with Gasteiger partial charge in [-0.3, -0.25) is 0 Å². The minimum Gasteiger partial charge on any atom is -0.211 e. The van der Waals surface area contributed by atoms with Gasteiger partial charge in [-0.1, -0.05) is 12.8 Å². The molecule has 68 valence electrons. The van der Waals surface area contributed by atoms with Gasteiger partial charge in [0.15, 0.2) is 0 Å². The maximum absolute atomic E-state index is 12.3. The van der Waals surface area contributed by atoms with Crippen molar-refractivity contribution in [3.63, 3.8) is 0 Å². The second-order valence-corrected chi connectivity index (χ2v) is 3.09. The highest BCUT2D eigenvalue weighted by atomic mass is 19.3. The molecular weight excluding hydrogens is 164 g/mol. The second-order valence-electron chi connectivity index (χ2n) is 3.09. The number of hydrogen-bond donors (Lipinski definition) is 0. The lowest BCUT2D eigenvalue weighted by molar-refractivity contribution is 0.0907. The van der Waals surface area contributed by atoms with E-state index in [-0.39, 0.29) is 5.92 Å². The summed E-state index contributed by atoms with van der Waals surface area (Å²) >= 11 is 0. The molecule has 12 heavy (non-hydrogen) atoms. The molecule has 0 radical (unpaired) electrons. The zero-order valence-electron chi connectivity index (χ0n) is 6.67. The topological polar surface area (TPSA) is 29.4 Å². The van der Waals surface area contributed by atoms with Crippen LogP contribution in [-0.4, -0.2) is 18.5 Å². The largest absolute Gasteiger partial charge is 0.261 e. The summed E-state index contributed by atoms with van der Waals surface area (Å²) in [4.78, 5) is 13.0. The van der Waals surface area contributed by atoms with Crippen molar-refractivity contribution in [1.29, 1.82) is 0 Å². The number of isocyanates is 1. The van der Waals surface area contributed by atoms with Crippen molar-refractivity contribution in [1.82, 2.24) is 0 Å². The molecule has 0 amide bonds. The van der Waals surface area contributed by atoms with Crippen molar-refractivity contribution in [2.24, 2.45) is 10.9 Å². The molecule has 0 aromatic rings. The monoisotopic (exact) mass is 175 g/mol. The van der Waals surface area contributed by atoms with E-state index in [4.69, 9.17) is 0 Å². The van der Waals surface area contributed by atoms with E-state index in [0.29, 0.717) is 0 Å². The first-order valence-electron chi connectivity index (χ1n) is 4.11. The van der Waals surface area contributed by atoms with Gasteiger partial charge in [-0.2, -0.15) is 4.99 Å². The van der Waals surface area contributed by atoms with Gasteiger partial charge in [0.1, 0.15) is 6.04 Å². The van der Waals surface area contributed by atoms with Gasteiger partial charge in [-0.25, -0.2) is 13.6 Å². The highest BCUT2D eigenvalue weighted by molar-refractivity contribution is 5.33. The normalized spacial score (nSPS) is 20.9. The minimum absolute atomic E-state index is 0.105. The molecule has 2 nitrogen and oxygen atoms in total. The van der Waals surface area contributed by atoms with E-state index in [1.165, 1.54) is 6.08 Å². The lowest BCUT2D eigenvalue weighted by Gasteiger charge is -2.15. The highest BCUT2D eigenvalue weighted by Gasteiger charge is 2.31. The van der Waals surface area contributed by atoms with Crippen molar-refractivity contribution in [3.8, 4) is 0 Å². The fourth-order valence-corrected chi connectivity index (χ4v) is 1.73. The van der Waals surface area contributed by atoms with Crippen LogP contribution >= 0.6 is 0 Å². The second kappa shape index (κ2) is 4.31. The molecule has 0 N–H and O–H groups in total. The molecule has 1 rings (SSSR count). The number of alkyl halides is 2. The van der Waals surface area contributed by atoms with Crippen LogP contribution in [0, 0.1) is 5.92 Å². The summed E-state index contributed by atoms with van der Waals surface area (Å²) in [6.45, 7) is 0. The van der Waals surface area contributed by atoms with Crippen molar-refractivity contribution in [2.45, 2.75) is 38.2 Å². The van der Waals surface area contributed by atoms with E-state index < -0.39 is 12.5 Å². The van der Waals surface area contributed by atoms with E-state index in [9.17, 15) is 13.6 Å². The summed E-state index contributed by atoms with van der Waals surface area (Å²) < 4.78 is 24.5. The Morgan fingerprint density at radius 2 is 1.92 bits per heavy atom. The first kappa shape index (κ1) is 9.33. The Hall–Kier alpha value is -0.760. The summed E-state index contributed by atoms with van der Waals surface area (Å²) in [5.41, 5.74) is 0. The summed E-state index contributed by atoms with van der Waals surface area (Å²) in [6, 6.07) is -1.11. The van der Waals surface area contributed by atoms with Gasteiger partial charge < -0.3 is 0 Å². The standard InChI is InChI=1S/C8H11F2NO/c9-8(10)7(11-5-12)6-3-1-2-4-6/h6-8H,1-4H2. The number of nitrogens with zero attached hydrogens (tertiary/aromatic N) is 1. The zero-order chi connectivity index (χ0) is 8.97. The van der Waals surface area contributed by atoms with Crippen LogP contribution in [0.25, 0.3) is 0 Å². The van der Waals surface area contributed by atoms with E-state index >= 15 is 0 Å². The Balaban J connectivity index is 2.57. The van der Waals surface area contributed by atoms with Crippen molar-refractivity contribution < 1.29 is 13.6 Å². The fourth-order valence-electron chi connectivity index (χ4n) is 1.73. The number of rotatable bonds is 3. The van der Waals surface area contributed by atoms with Crippen molar-refractivity contribution >= 4 is 6.08 Å². The van der Waals surface area contributed by atoms with Crippen LogP contribution in [-0.2, 0) is 4.79 Å². The molecule has 1 aliphatic rings. The Kier molecular flexibility index (Phi) is 3.35. The van der Waals surface area contributed by atoms with E-state index in [1.807, 2.05) is 0 Å². The Morgan fingerprint density at radius 1 is 1.33 bits per heavy atom. The van der Waals surface area contributed by atoms with Crippen LogP contribution in [0.2, 0.25) is 0 Å². The third kappa shape index (κ3) is 2.11. The smallest absolute Gasteiger partial charge is 0.211 e.